The Morgan fingerprint density at radius 3 is 2.68 bits per heavy atom. The Kier molecular flexibility index (Phi) is 6.09. The lowest BCUT2D eigenvalue weighted by Crippen LogP contribution is -2.37. The van der Waals surface area contributed by atoms with Gasteiger partial charge in [0, 0.05) is 0 Å². The molecular weight excluding hydrogens is 308 g/mol. The van der Waals surface area contributed by atoms with Crippen LogP contribution < -0.4 is 4.74 Å². The van der Waals surface area contributed by atoms with Crippen LogP contribution in [0.3, 0.4) is 0 Å². The average Bonchev–Trinajstić information content (AvgIpc) is 2.84. The highest BCUT2D eigenvalue weighted by atomic mass is 16.5. The van der Waals surface area contributed by atoms with Crippen molar-refractivity contribution in [3.63, 3.8) is 0 Å². The second kappa shape index (κ2) is 8.12. The van der Waals surface area contributed by atoms with Crippen molar-refractivity contribution in [2.24, 2.45) is 17.3 Å². The van der Waals surface area contributed by atoms with Crippen molar-refractivity contribution in [2.75, 3.05) is 7.11 Å². The highest BCUT2D eigenvalue weighted by molar-refractivity contribution is 5.43. The van der Waals surface area contributed by atoms with Crippen molar-refractivity contribution in [1.82, 2.24) is 0 Å². The summed E-state index contributed by atoms with van der Waals surface area (Å²) in [6, 6.07) is 6.47. The SMILES string of the molecule is CCCCCCCC[C@H]1[C@H](O)C[C@@H]2Cc3c(cccc3OC)C[C@@]21C. The number of methoxy groups -OCH3 is 1. The van der Waals surface area contributed by atoms with Gasteiger partial charge in [-0.15, -0.1) is 0 Å². The van der Waals surface area contributed by atoms with Crippen LogP contribution in [0, 0.1) is 17.3 Å². The van der Waals surface area contributed by atoms with Crippen LogP contribution in [0.1, 0.15) is 76.3 Å². The van der Waals surface area contributed by atoms with Crippen LogP contribution in [0.4, 0.5) is 0 Å². The standard InChI is InChI=1S/C23H36O2/c1-4-5-6-7-8-9-12-20-21(24)15-18-14-19-17(16-23(18,20)2)11-10-13-22(19)25-3/h10-11,13,18,20-21,24H,4-9,12,14-16H2,1-3H3/t18-,20-,21+,23-/m0/s1. The Bertz CT molecular complexity index is 567. The summed E-state index contributed by atoms with van der Waals surface area (Å²) in [5, 5.41) is 10.8. The molecule has 0 bridgehead atoms. The number of rotatable bonds is 8. The van der Waals surface area contributed by atoms with E-state index >= 15 is 0 Å². The quantitative estimate of drug-likeness (QED) is 0.627. The summed E-state index contributed by atoms with van der Waals surface area (Å²) in [4.78, 5) is 0. The Morgan fingerprint density at radius 1 is 1.16 bits per heavy atom. The lowest BCUT2D eigenvalue weighted by molar-refractivity contribution is 0.0656. The highest BCUT2D eigenvalue weighted by Crippen LogP contribution is 2.56. The van der Waals surface area contributed by atoms with Crippen LogP contribution in [0.15, 0.2) is 18.2 Å². The minimum Gasteiger partial charge on any atom is -0.496 e. The molecule has 0 amide bonds. The van der Waals surface area contributed by atoms with Gasteiger partial charge in [-0.1, -0.05) is 64.5 Å². The molecule has 2 aliphatic carbocycles. The van der Waals surface area contributed by atoms with Gasteiger partial charge in [-0.25, -0.2) is 0 Å². The van der Waals surface area contributed by atoms with Crippen molar-refractivity contribution >= 4 is 0 Å². The molecule has 140 valence electrons. The molecule has 1 saturated carbocycles. The summed E-state index contributed by atoms with van der Waals surface area (Å²) in [6.07, 6.45) is 12.2. The largest absolute Gasteiger partial charge is 0.496 e. The van der Waals surface area contributed by atoms with Crippen molar-refractivity contribution in [3.8, 4) is 5.75 Å². The van der Waals surface area contributed by atoms with Gasteiger partial charge >= 0.3 is 0 Å². The summed E-state index contributed by atoms with van der Waals surface area (Å²) < 4.78 is 5.60. The molecule has 0 spiro atoms. The normalized spacial score (nSPS) is 30.8. The van der Waals surface area contributed by atoms with E-state index in [0.29, 0.717) is 11.8 Å². The van der Waals surface area contributed by atoms with Crippen LogP contribution >= 0.6 is 0 Å². The summed E-state index contributed by atoms with van der Waals surface area (Å²) in [7, 11) is 1.77. The number of aliphatic hydroxyl groups is 1. The zero-order valence-corrected chi connectivity index (χ0v) is 16.4. The molecule has 2 aliphatic rings. The topological polar surface area (TPSA) is 29.5 Å². The number of benzene rings is 1. The first-order chi connectivity index (χ1) is 12.1. The predicted molar refractivity (Wildman–Crippen MR) is 104 cm³/mol. The summed E-state index contributed by atoms with van der Waals surface area (Å²) in [6.45, 7) is 4.71. The monoisotopic (exact) mass is 344 g/mol. The predicted octanol–water partition coefficient (Wildman–Crippen LogP) is 5.55. The number of hydrogen-bond acceptors (Lipinski definition) is 2. The second-order valence-corrected chi connectivity index (χ2v) is 8.65. The van der Waals surface area contributed by atoms with E-state index in [0.717, 1.165) is 25.0 Å². The molecule has 1 N–H and O–H groups in total. The van der Waals surface area contributed by atoms with Crippen LogP contribution in [0.25, 0.3) is 0 Å². The zero-order chi connectivity index (χ0) is 17.9. The third kappa shape index (κ3) is 3.74. The lowest BCUT2D eigenvalue weighted by atomic mass is 9.62. The number of fused-ring (bicyclic) bond motifs is 2. The summed E-state index contributed by atoms with van der Waals surface area (Å²) >= 11 is 0. The Balaban J connectivity index is 1.66. The number of unbranched alkanes of at least 4 members (excludes halogenated alkanes) is 5. The fourth-order valence-electron chi connectivity index (χ4n) is 5.58. The number of ether oxygens (including phenoxy) is 1. The average molecular weight is 345 g/mol. The molecule has 0 aromatic heterocycles. The second-order valence-electron chi connectivity index (χ2n) is 8.65. The van der Waals surface area contributed by atoms with Gasteiger partial charge in [0.25, 0.3) is 0 Å². The summed E-state index contributed by atoms with van der Waals surface area (Å²) in [5.74, 6) is 2.09. The van der Waals surface area contributed by atoms with E-state index in [-0.39, 0.29) is 11.5 Å². The lowest BCUT2D eigenvalue weighted by Gasteiger charge is -2.42. The van der Waals surface area contributed by atoms with Crippen LogP contribution in [-0.2, 0) is 12.8 Å². The molecule has 0 radical (unpaired) electrons. The first-order valence-electron chi connectivity index (χ1n) is 10.4. The van der Waals surface area contributed by atoms with Crippen LogP contribution in [-0.4, -0.2) is 18.3 Å². The van der Waals surface area contributed by atoms with Gasteiger partial charge in [-0.05, 0) is 60.1 Å². The van der Waals surface area contributed by atoms with Gasteiger partial charge in [0.1, 0.15) is 5.75 Å². The minimum atomic E-state index is -0.119. The Morgan fingerprint density at radius 2 is 1.92 bits per heavy atom. The molecule has 2 heteroatoms. The molecule has 1 aromatic carbocycles. The van der Waals surface area contributed by atoms with Gasteiger partial charge in [-0.2, -0.15) is 0 Å². The van der Waals surface area contributed by atoms with Gasteiger partial charge in [0.2, 0.25) is 0 Å². The molecular formula is C23H36O2. The third-order valence-electron chi connectivity index (χ3n) is 7.11. The van der Waals surface area contributed by atoms with Gasteiger partial charge in [0.05, 0.1) is 13.2 Å². The van der Waals surface area contributed by atoms with E-state index in [1.165, 1.54) is 56.1 Å². The van der Waals surface area contributed by atoms with E-state index in [2.05, 4.69) is 32.0 Å². The van der Waals surface area contributed by atoms with Crippen molar-refractivity contribution < 1.29 is 9.84 Å². The maximum atomic E-state index is 10.8. The fourth-order valence-corrected chi connectivity index (χ4v) is 5.58. The van der Waals surface area contributed by atoms with E-state index in [4.69, 9.17) is 4.74 Å². The molecule has 2 nitrogen and oxygen atoms in total. The van der Waals surface area contributed by atoms with Crippen molar-refractivity contribution in [3.05, 3.63) is 29.3 Å². The van der Waals surface area contributed by atoms with Gasteiger partial charge in [0.15, 0.2) is 0 Å². The molecule has 0 heterocycles. The van der Waals surface area contributed by atoms with Crippen molar-refractivity contribution in [2.45, 2.75) is 84.2 Å². The molecule has 1 fully saturated rings. The molecule has 3 rings (SSSR count). The molecule has 25 heavy (non-hydrogen) atoms. The first kappa shape index (κ1) is 18.8. The molecule has 1 aromatic rings. The van der Waals surface area contributed by atoms with E-state index < -0.39 is 0 Å². The zero-order valence-electron chi connectivity index (χ0n) is 16.4. The van der Waals surface area contributed by atoms with E-state index in [1.54, 1.807) is 7.11 Å². The van der Waals surface area contributed by atoms with Gasteiger partial charge in [-0.3, -0.25) is 0 Å². The Labute approximate surface area is 154 Å². The maximum absolute atomic E-state index is 10.8. The van der Waals surface area contributed by atoms with Crippen molar-refractivity contribution in [1.29, 1.82) is 0 Å². The van der Waals surface area contributed by atoms with Gasteiger partial charge < -0.3 is 9.84 Å². The smallest absolute Gasteiger partial charge is 0.122 e. The molecule has 0 unspecified atom stereocenters. The summed E-state index contributed by atoms with van der Waals surface area (Å²) in [5.41, 5.74) is 3.09. The molecule has 0 aliphatic heterocycles. The van der Waals surface area contributed by atoms with Crippen LogP contribution in [0.2, 0.25) is 0 Å². The maximum Gasteiger partial charge on any atom is 0.122 e. The number of aliphatic hydroxyl groups excluding tert-OH is 1. The van der Waals surface area contributed by atoms with E-state index in [9.17, 15) is 5.11 Å². The van der Waals surface area contributed by atoms with Crippen LogP contribution in [0.5, 0.6) is 5.75 Å². The molecule has 0 saturated heterocycles. The number of hydrogen-bond donors (Lipinski definition) is 1. The van der Waals surface area contributed by atoms with E-state index in [1.807, 2.05) is 0 Å². The minimum absolute atomic E-state index is 0.119. The first-order valence-corrected chi connectivity index (χ1v) is 10.4. The molecule has 4 atom stereocenters. The third-order valence-corrected chi connectivity index (χ3v) is 7.11. The Hall–Kier alpha value is -1.02. The highest BCUT2D eigenvalue weighted by Gasteiger charge is 2.52. The fraction of sp³-hybridized carbons (Fsp3) is 0.739.